The number of hydrogen-bond donors (Lipinski definition) is 0. The van der Waals surface area contributed by atoms with Crippen LogP contribution in [-0.4, -0.2) is 5.78 Å². The molecule has 0 bridgehead atoms. The second-order valence-electron chi connectivity index (χ2n) is 5.22. The fourth-order valence-corrected chi connectivity index (χ4v) is 2.61. The molecule has 2 aromatic rings. The van der Waals surface area contributed by atoms with E-state index in [0.717, 1.165) is 6.07 Å². The standard InChI is InChI=1S/C18H14ClF2NO.C2H6/c1-11-4-2-5-15(17(11)21)18(23)14(6-3-9-22)13-8-7-12(19)10-16(13)20;1-2/h2,4-5,7-8,10,14H,3,6H2,1H3;1-2H3. The number of ketones is 1. The van der Waals surface area contributed by atoms with Gasteiger partial charge in [-0.25, -0.2) is 8.78 Å². The molecule has 0 aliphatic heterocycles. The number of halogens is 3. The quantitative estimate of drug-likeness (QED) is 0.591. The van der Waals surface area contributed by atoms with E-state index < -0.39 is 23.3 Å². The molecule has 2 rings (SSSR count). The van der Waals surface area contributed by atoms with Gasteiger partial charge < -0.3 is 0 Å². The molecule has 0 aromatic heterocycles. The Morgan fingerprint density at radius 3 is 2.52 bits per heavy atom. The Hall–Kier alpha value is -2.25. The molecule has 2 aromatic carbocycles. The molecule has 5 heteroatoms. The van der Waals surface area contributed by atoms with E-state index in [2.05, 4.69) is 0 Å². The van der Waals surface area contributed by atoms with E-state index >= 15 is 0 Å². The molecule has 0 saturated heterocycles. The van der Waals surface area contributed by atoms with Gasteiger partial charge in [-0.05, 0) is 42.7 Å². The lowest BCUT2D eigenvalue weighted by molar-refractivity contribution is 0.0949. The van der Waals surface area contributed by atoms with E-state index in [9.17, 15) is 13.6 Å². The Morgan fingerprint density at radius 2 is 1.92 bits per heavy atom. The smallest absolute Gasteiger partial charge is 0.173 e. The van der Waals surface area contributed by atoms with Crippen molar-refractivity contribution in [3.05, 3.63) is 69.7 Å². The summed E-state index contributed by atoms with van der Waals surface area (Å²) in [7, 11) is 0. The lowest BCUT2D eigenvalue weighted by Gasteiger charge is -2.17. The van der Waals surface area contributed by atoms with E-state index in [1.807, 2.05) is 19.9 Å². The number of nitriles is 1. The van der Waals surface area contributed by atoms with Crippen LogP contribution >= 0.6 is 11.6 Å². The molecule has 0 fully saturated rings. The highest BCUT2D eigenvalue weighted by atomic mass is 35.5. The van der Waals surface area contributed by atoms with Crippen molar-refractivity contribution in [3.63, 3.8) is 0 Å². The van der Waals surface area contributed by atoms with Crippen molar-refractivity contribution in [1.29, 1.82) is 5.26 Å². The average molecular weight is 364 g/mol. The second-order valence-corrected chi connectivity index (χ2v) is 5.65. The summed E-state index contributed by atoms with van der Waals surface area (Å²) in [6.45, 7) is 5.55. The number of carbonyl (C=O) groups is 1. The van der Waals surface area contributed by atoms with Gasteiger partial charge in [0.1, 0.15) is 11.6 Å². The summed E-state index contributed by atoms with van der Waals surface area (Å²) in [4.78, 5) is 12.7. The van der Waals surface area contributed by atoms with Crippen molar-refractivity contribution in [2.24, 2.45) is 0 Å². The van der Waals surface area contributed by atoms with Gasteiger partial charge in [0, 0.05) is 11.4 Å². The van der Waals surface area contributed by atoms with Crippen LogP contribution in [0.3, 0.4) is 0 Å². The normalized spacial score (nSPS) is 11.1. The Balaban J connectivity index is 0.00000151. The minimum atomic E-state index is -0.928. The first-order valence-corrected chi connectivity index (χ1v) is 8.44. The zero-order valence-corrected chi connectivity index (χ0v) is 15.2. The van der Waals surface area contributed by atoms with Crippen LogP contribution in [0, 0.1) is 29.9 Å². The molecular weight excluding hydrogens is 344 g/mol. The van der Waals surface area contributed by atoms with Crippen molar-refractivity contribution in [2.75, 3.05) is 0 Å². The van der Waals surface area contributed by atoms with Gasteiger partial charge in [0.2, 0.25) is 0 Å². The lowest BCUT2D eigenvalue weighted by atomic mass is 9.86. The summed E-state index contributed by atoms with van der Waals surface area (Å²) < 4.78 is 28.4. The van der Waals surface area contributed by atoms with Crippen LogP contribution in [0.15, 0.2) is 36.4 Å². The van der Waals surface area contributed by atoms with Crippen LogP contribution in [0.2, 0.25) is 5.02 Å². The molecule has 25 heavy (non-hydrogen) atoms. The van der Waals surface area contributed by atoms with Gasteiger partial charge in [0.25, 0.3) is 0 Å². The summed E-state index contributed by atoms with van der Waals surface area (Å²) in [5.74, 6) is -2.72. The van der Waals surface area contributed by atoms with Crippen LogP contribution in [0.5, 0.6) is 0 Å². The largest absolute Gasteiger partial charge is 0.293 e. The molecule has 1 atom stereocenters. The highest BCUT2D eigenvalue weighted by Crippen LogP contribution is 2.30. The van der Waals surface area contributed by atoms with Gasteiger partial charge in [-0.15, -0.1) is 0 Å². The molecule has 0 spiro atoms. The third-order valence-corrected chi connectivity index (χ3v) is 3.89. The number of carbonyl (C=O) groups excluding carboxylic acids is 1. The molecule has 0 radical (unpaired) electrons. The topological polar surface area (TPSA) is 40.9 Å². The van der Waals surface area contributed by atoms with Crippen molar-refractivity contribution < 1.29 is 13.6 Å². The SMILES string of the molecule is CC.Cc1cccc(C(=O)C(CCC#N)c2ccc(Cl)cc2F)c1F. The molecule has 1 unspecified atom stereocenters. The van der Waals surface area contributed by atoms with Gasteiger partial charge in [0.05, 0.1) is 17.6 Å². The Bertz CT molecular complexity index is 784. The predicted octanol–water partition coefficient (Wildman–Crippen LogP) is 6.22. The van der Waals surface area contributed by atoms with Crippen molar-refractivity contribution in [2.45, 2.75) is 39.5 Å². The van der Waals surface area contributed by atoms with E-state index in [4.69, 9.17) is 16.9 Å². The highest BCUT2D eigenvalue weighted by molar-refractivity contribution is 6.30. The van der Waals surface area contributed by atoms with Gasteiger partial charge in [-0.1, -0.05) is 43.6 Å². The molecule has 0 aliphatic carbocycles. The molecule has 132 valence electrons. The van der Waals surface area contributed by atoms with Crippen molar-refractivity contribution in [1.82, 2.24) is 0 Å². The number of benzene rings is 2. The number of hydrogen-bond acceptors (Lipinski definition) is 2. The summed E-state index contributed by atoms with van der Waals surface area (Å²) in [5, 5.41) is 8.98. The lowest BCUT2D eigenvalue weighted by Crippen LogP contribution is -2.16. The van der Waals surface area contributed by atoms with Crippen LogP contribution < -0.4 is 0 Å². The fraction of sp³-hybridized carbons (Fsp3) is 0.300. The van der Waals surface area contributed by atoms with Crippen LogP contribution in [-0.2, 0) is 0 Å². The molecule has 0 heterocycles. The number of aryl methyl sites for hydroxylation is 1. The number of nitrogens with zero attached hydrogens (tertiary/aromatic N) is 1. The molecule has 0 amide bonds. The summed E-state index contributed by atoms with van der Waals surface area (Å²) in [5.41, 5.74) is 0.365. The Labute approximate surface area is 152 Å². The minimum absolute atomic E-state index is 0.0614. The summed E-state index contributed by atoms with van der Waals surface area (Å²) >= 11 is 5.73. The maximum atomic E-state index is 14.2. The highest BCUT2D eigenvalue weighted by Gasteiger charge is 2.27. The van der Waals surface area contributed by atoms with Gasteiger partial charge in [-0.3, -0.25) is 4.79 Å². The first-order valence-electron chi connectivity index (χ1n) is 8.07. The van der Waals surface area contributed by atoms with Crippen molar-refractivity contribution >= 4 is 17.4 Å². The van der Waals surface area contributed by atoms with E-state index in [1.165, 1.54) is 18.2 Å². The van der Waals surface area contributed by atoms with Gasteiger partial charge in [0.15, 0.2) is 5.78 Å². The second kappa shape index (κ2) is 9.90. The van der Waals surface area contributed by atoms with Crippen LogP contribution in [0.1, 0.15) is 54.1 Å². The van der Waals surface area contributed by atoms with E-state index in [1.54, 1.807) is 19.1 Å². The Morgan fingerprint density at radius 1 is 1.24 bits per heavy atom. The number of Topliss-reactive ketones (excluding diaryl/α,β-unsaturated/α-hetero) is 1. The molecule has 0 N–H and O–H groups in total. The third-order valence-electron chi connectivity index (χ3n) is 3.66. The average Bonchev–Trinajstić information content (AvgIpc) is 2.60. The molecular formula is C20H20ClF2NO. The van der Waals surface area contributed by atoms with Gasteiger partial charge in [-0.2, -0.15) is 5.26 Å². The third kappa shape index (κ3) is 5.11. The van der Waals surface area contributed by atoms with Gasteiger partial charge >= 0.3 is 0 Å². The maximum Gasteiger partial charge on any atom is 0.173 e. The zero-order chi connectivity index (χ0) is 19.0. The van der Waals surface area contributed by atoms with Crippen molar-refractivity contribution in [3.8, 4) is 6.07 Å². The first kappa shape index (κ1) is 20.8. The van der Waals surface area contributed by atoms with E-state index in [-0.39, 0.29) is 29.0 Å². The predicted molar refractivity (Wildman–Crippen MR) is 95.8 cm³/mol. The summed E-state index contributed by atoms with van der Waals surface area (Å²) in [6.07, 6.45) is 0.174. The summed E-state index contributed by atoms with van der Waals surface area (Å²) in [6, 6.07) is 10.4. The molecule has 0 saturated carbocycles. The van der Waals surface area contributed by atoms with E-state index in [0.29, 0.717) is 5.56 Å². The first-order chi connectivity index (χ1) is 12.0. The van der Waals surface area contributed by atoms with Crippen LogP contribution in [0.4, 0.5) is 8.78 Å². The Kier molecular flexibility index (Phi) is 8.24. The minimum Gasteiger partial charge on any atom is -0.293 e. The number of rotatable bonds is 5. The fourth-order valence-electron chi connectivity index (χ4n) is 2.45. The van der Waals surface area contributed by atoms with Crippen LogP contribution in [0.25, 0.3) is 0 Å². The molecule has 0 aliphatic rings. The zero-order valence-electron chi connectivity index (χ0n) is 14.4. The molecule has 2 nitrogen and oxygen atoms in total. The monoisotopic (exact) mass is 363 g/mol. The maximum absolute atomic E-state index is 14.2.